The molecular weight excluding hydrogens is 381 g/mol. The number of halogens is 3. The average molecular weight is 402 g/mol. The second kappa shape index (κ2) is 7.83. The Morgan fingerprint density at radius 2 is 1.52 bits per heavy atom. The van der Waals surface area contributed by atoms with Gasteiger partial charge in [0.15, 0.2) is 0 Å². The summed E-state index contributed by atoms with van der Waals surface area (Å²) in [6, 6.07) is 10.4. The molecule has 7 heteroatoms. The predicted octanol–water partition coefficient (Wildman–Crippen LogP) is 5.17. The van der Waals surface area contributed by atoms with Crippen LogP contribution in [-0.4, -0.2) is 21.7 Å². The van der Waals surface area contributed by atoms with Crippen LogP contribution in [0.1, 0.15) is 31.9 Å². The molecule has 2 aromatic carbocycles. The third-order valence-corrected chi connectivity index (χ3v) is 4.84. The molecule has 1 N–H and O–H groups in total. The van der Waals surface area contributed by atoms with Crippen LogP contribution in [0.4, 0.5) is 13.2 Å². The minimum absolute atomic E-state index is 0.0204. The van der Waals surface area contributed by atoms with Crippen LogP contribution in [0.5, 0.6) is 5.75 Å². The van der Waals surface area contributed by atoms with Crippen molar-refractivity contribution >= 4 is 0 Å². The number of hydrogen-bond acceptors (Lipinski definition) is 4. The molecule has 152 valence electrons. The molecule has 0 spiro atoms. The van der Waals surface area contributed by atoms with Gasteiger partial charge >= 0.3 is 6.61 Å². The third kappa shape index (κ3) is 4.10. The standard InChI is InChI=1S/C22H21F3N2O2/c1-21(2,3)22(28,16-11-26-13-27-12-16)18-9-6-15(10-19(18)23)14-4-7-17(8-5-14)29-20(24)25/h4-13,20,28H,1-3H3. The molecule has 0 fully saturated rings. The van der Waals surface area contributed by atoms with Crippen molar-refractivity contribution in [1.82, 2.24) is 9.97 Å². The van der Waals surface area contributed by atoms with Crippen molar-refractivity contribution in [2.45, 2.75) is 33.0 Å². The molecule has 29 heavy (non-hydrogen) atoms. The number of alkyl halides is 2. The normalized spacial score (nSPS) is 13.9. The van der Waals surface area contributed by atoms with Crippen LogP contribution < -0.4 is 4.74 Å². The van der Waals surface area contributed by atoms with E-state index in [0.29, 0.717) is 16.7 Å². The Bertz CT molecular complexity index is 974. The highest BCUT2D eigenvalue weighted by atomic mass is 19.3. The van der Waals surface area contributed by atoms with Crippen molar-refractivity contribution in [3.05, 3.63) is 78.1 Å². The van der Waals surface area contributed by atoms with Crippen LogP contribution in [0.25, 0.3) is 11.1 Å². The van der Waals surface area contributed by atoms with Crippen molar-refractivity contribution in [3.63, 3.8) is 0 Å². The summed E-state index contributed by atoms with van der Waals surface area (Å²) in [4.78, 5) is 7.91. The molecule has 1 aromatic heterocycles. The van der Waals surface area contributed by atoms with Gasteiger partial charge in [0.05, 0.1) is 0 Å². The molecule has 4 nitrogen and oxygen atoms in total. The maximum absolute atomic E-state index is 15.2. The van der Waals surface area contributed by atoms with E-state index in [4.69, 9.17) is 0 Å². The van der Waals surface area contributed by atoms with E-state index in [2.05, 4.69) is 14.7 Å². The van der Waals surface area contributed by atoms with Gasteiger partial charge in [-0.25, -0.2) is 14.4 Å². The molecule has 0 radical (unpaired) electrons. The molecule has 0 aliphatic rings. The van der Waals surface area contributed by atoms with Crippen molar-refractivity contribution in [3.8, 4) is 16.9 Å². The molecule has 0 aliphatic carbocycles. The van der Waals surface area contributed by atoms with Gasteiger partial charge in [-0.3, -0.25) is 0 Å². The lowest BCUT2D eigenvalue weighted by molar-refractivity contribution is -0.0498. The lowest BCUT2D eigenvalue weighted by atomic mass is 9.68. The van der Waals surface area contributed by atoms with Crippen LogP contribution in [0.15, 0.2) is 61.2 Å². The molecule has 0 amide bonds. The maximum Gasteiger partial charge on any atom is 0.387 e. The summed E-state index contributed by atoms with van der Waals surface area (Å²) >= 11 is 0. The van der Waals surface area contributed by atoms with Crippen molar-refractivity contribution in [1.29, 1.82) is 0 Å². The Labute approximate surface area is 167 Å². The van der Waals surface area contributed by atoms with Gasteiger partial charge in [0.1, 0.15) is 23.5 Å². The van der Waals surface area contributed by atoms with E-state index in [0.717, 1.165) is 0 Å². The highest BCUT2D eigenvalue weighted by Gasteiger charge is 2.45. The fraction of sp³-hybridized carbons (Fsp3) is 0.273. The van der Waals surface area contributed by atoms with Gasteiger partial charge in [0, 0.05) is 23.5 Å². The maximum atomic E-state index is 15.2. The van der Waals surface area contributed by atoms with Gasteiger partial charge in [-0.2, -0.15) is 8.78 Å². The zero-order valence-electron chi connectivity index (χ0n) is 16.2. The zero-order chi connectivity index (χ0) is 21.2. The Morgan fingerprint density at radius 1 is 0.931 bits per heavy atom. The van der Waals surface area contributed by atoms with E-state index in [1.54, 1.807) is 39.0 Å². The SMILES string of the molecule is CC(C)(C)C(O)(c1cncnc1)c1ccc(-c2ccc(OC(F)F)cc2)cc1F. The summed E-state index contributed by atoms with van der Waals surface area (Å²) in [6.45, 7) is 2.49. The van der Waals surface area contributed by atoms with E-state index < -0.39 is 23.4 Å². The molecule has 3 aromatic rings. The highest BCUT2D eigenvalue weighted by molar-refractivity contribution is 5.65. The van der Waals surface area contributed by atoms with E-state index in [1.165, 1.54) is 43.0 Å². The molecule has 1 atom stereocenters. The van der Waals surface area contributed by atoms with E-state index in [1.807, 2.05) is 0 Å². The minimum atomic E-state index is -2.91. The molecule has 0 saturated carbocycles. The van der Waals surface area contributed by atoms with Crippen LogP contribution in [0.3, 0.4) is 0 Å². The van der Waals surface area contributed by atoms with Crippen LogP contribution in [0.2, 0.25) is 0 Å². The fourth-order valence-corrected chi connectivity index (χ4v) is 3.30. The molecule has 0 aliphatic heterocycles. The van der Waals surface area contributed by atoms with Gasteiger partial charge in [-0.05, 0) is 34.7 Å². The smallest absolute Gasteiger partial charge is 0.387 e. The van der Waals surface area contributed by atoms with Crippen molar-refractivity contribution in [2.75, 3.05) is 0 Å². The van der Waals surface area contributed by atoms with Crippen molar-refractivity contribution in [2.24, 2.45) is 5.41 Å². The molecule has 3 rings (SSSR count). The number of rotatable bonds is 5. The zero-order valence-corrected chi connectivity index (χ0v) is 16.2. The Morgan fingerprint density at radius 3 is 2.03 bits per heavy atom. The fourth-order valence-electron chi connectivity index (χ4n) is 3.30. The van der Waals surface area contributed by atoms with Crippen LogP contribution in [0, 0.1) is 11.2 Å². The first-order valence-electron chi connectivity index (χ1n) is 8.96. The number of ether oxygens (including phenoxy) is 1. The van der Waals surface area contributed by atoms with Crippen molar-refractivity contribution < 1.29 is 23.0 Å². The van der Waals surface area contributed by atoms with Crippen LogP contribution in [-0.2, 0) is 5.60 Å². The highest BCUT2D eigenvalue weighted by Crippen LogP contribution is 2.45. The largest absolute Gasteiger partial charge is 0.435 e. The van der Waals surface area contributed by atoms with E-state index in [-0.39, 0.29) is 11.3 Å². The van der Waals surface area contributed by atoms with Gasteiger partial charge in [-0.1, -0.05) is 45.0 Å². The first-order valence-corrected chi connectivity index (χ1v) is 8.96. The number of aliphatic hydroxyl groups is 1. The second-order valence-electron chi connectivity index (χ2n) is 7.69. The molecule has 0 saturated heterocycles. The monoisotopic (exact) mass is 402 g/mol. The Hall–Kier alpha value is -2.93. The molecule has 1 heterocycles. The van der Waals surface area contributed by atoms with Gasteiger partial charge in [0.25, 0.3) is 0 Å². The number of aromatic nitrogens is 2. The summed E-state index contributed by atoms with van der Waals surface area (Å²) in [5.41, 5.74) is -0.774. The van der Waals surface area contributed by atoms with E-state index >= 15 is 4.39 Å². The molecule has 1 unspecified atom stereocenters. The predicted molar refractivity (Wildman–Crippen MR) is 103 cm³/mol. The molecule has 0 bridgehead atoms. The Kier molecular flexibility index (Phi) is 5.61. The lowest BCUT2D eigenvalue weighted by Gasteiger charge is -2.41. The quantitative estimate of drug-likeness (QED) is 0.640. The van der Waals surface area contributed by atoms with Gasteiger partial charge < -0.3 is 9.84 Å². The topological polar surface area (TPSA) is 55.2 Å². The number of benzene rings is 2. The molecular formula is C22H21F3N2O2. The second-order valence-corrected chi connectivity index (χ2v) is 7.69. The van der Waals surface area contributed by atoms with E-state index in [9.17, 15) is 13.9 Å². The lowest BCUT2D eigenvalue weighted by Crippen LogP contribution is -2.42. The number of nitrogens with zero attached hydrogens (tertiary/aromatic N) is 2. The summed E-state index contributed by atoms with van der Waals surface area (Å²) in [6.07, 6.45) is 4.27. The van der Waals surface area contributed by atoms with Gasteiger partial charge in [-0.15, -0.1) is 0 Å². The average Bonchev–Trinajstić information content (AvgIpc) is 2.67. The van der Waals surface area contributed by atoms with Crippen LogP contribution >= 0.6 is 0 Å². The van der Waals surface area contributed by atoms with Gasteiger partial charge in [0.2, 0.25) is 0 Å². The summed E-state index contributed by atoms with van der Waals surface area (Å²) < 4.78 is 44.1. The minimum Gasteiger partial charge on any atom is -0.435 e. The summed E-state index contributed by atoms with van der Waals surface area (Å²) in [7, 11) is 0. The Balaban J connectivity index is 2.02. The number of hydrogen-bond donors (Lipinski definition) is 1. The first-order chi connectivity index (χ1) is 13.6. The first kappa shape index (κ1) is 20.8. The third-order valence-electron chi connectivity index (χ3n) is 4.84. The summed E-state index contributed by atoms with van der Waals surface area (Å²) in [5, 5.41) is 11.5. The summed E-state index contributed by atoms with van der Waals surface area (Å²) in [5.74, 6) is -0.580.